The molecule has 3 nitrogen and oxygen atoms in total. The molecule has 0 aromatic rings. The van der Waals surface area contributed by atoms with E-state index in [2.05, 4.69) is 0 Å². The van der Waals surface area contributed by atoms with E-state index in [9.17, 15) is 8.42 Å². The van der Waals surface area contributed by atoms with Crippen LogP contribution in [-0.2, 0) is 10.0 Å². The number of hydrogen-bond acceptors (Lipinski definition) is 2. The van der Waals surface area contributed by atoms with Crippen LogP contribution in [0.2, 0.25) is 0 Å². The van der Waals surface area contributed by atoms with Gasteiger partial charge in [0.1, 0.15) is 0 Å². The van der Waals surface area contributed by atoms with Crippen LogP contribution in [0.25, 0.3) is 0 Å². The molecule has 0 radical (unpaired) electrons. The van der Waals surface area contributed by atoms with Gasteiger partial charge in [-0.2, -0.15) is 0 Å². The zero-order chi connectivity index (χ0) is 9.47. The van der Waals surface area contributed by atoms with E-state index in [1.54, 1.807) is 0 Å². The molecule has 2 fully saturated rings. The first-order valence-electron chi connectivity index (χ1n) is 5.10. The zero-order valence-electron chi connectivity index (χ0n) is 7.78. The largest absolute Gasteiger partial charge is 0.228 e. The highest BCUT2D eigenvalue weighted by molar-refractivity contribution is 7.89. The first kappa shape index (κ1) is 9.46. The summed E-state index contributed by atoms with van der Waals surface area (Å²) in [5, 5.41) is 5.06. The molecule has 2 aliphatic rings. The molecule has 0 unspecified atom stereocenters. The lowest BCUT2D eigenvalue weighted by Gasteiger charge is -2.40. The second kappa shape index (κ2) is 3.24. The van der Waals surface area contributed by atoms with Crippen LogP contribution in [0.5, 0.6) is 0 Å². The lowest BCUT2D eigenvalue weighted by Crippen LogP contribution is -2.45. The fourth-order valence-corrected chi connectivity index (χ4v) is 4.08. The fourth-order valence-electron chi connectivity index (χ4n) is 2.46. The summed E-state index contributed by atoms with van der Waals surface area (Å²) in [4.78, 5) is 0. The summed E-state index contributed by atoms with van der Waals surface area (Å²) < 4.78 is 22.8. The van der Waals surface area contributed by atoms with Crippen LogP contribution in [0.4, 0.5) is 0 Å². The minimum Gasteiger partial charge on any atom is -0.228 e. The van der Waals surface area contributed by atoms with Crippen molar-refractivity contribution in [3.05, 3.63) is 0 Å². The van der Waals surface area contributed by atoms with Gasteiger partial charge in [0.05, 0.1) is 5.25 Å². The molecule has 76 valence electrons. The van der Waals surface area contributed by atoms with Gasteiger partial charge in [-0.15, -0.1) is 0 Å². The molecule has 0 amide bonds. The summed E-state index contributed by atoms with van der Waals surface area (Å²) in [6.45, 7) is 0. The van der Waals surface area contributed by atoms with E-state index >= 15 is 0 Å². The minimum atomic E-state index is -3.29. The van der Waals surface area contributed by atoms with E-state index in [-0.39, 0.29) is 5.25 Å². The molecule has 2 aliphatic carbocycles. The van der Waals surface area contributed by atoms with Gasteiger partial charge in [0.25, 0.3) is 0 Å². The van der Waals surface area contributed by atoms with E-state index in [0.717, 1.165) is 25.7 Å². The van der Waals surface area contributed by atoms with Gasteiger partial charge < -0.3 is 0 Å². The predicted octanol–water partition coefficient (Wildman–Crippen LogP) is 1.24. The Balaban J connectivity index is 2.10. The van der Waals surface area contributed by atoms with Crippen molar-refractivity contribution >= 4 is 10.0 Å². The Morgan fingerprint density at radius 1 is 1.00 bits per heavy atom. The van der Waals surface area contributed by atoms with Crippen LogP contribution in [-0.4, -0.2) is 13.7 Å². The predicted molar refractivity (Wildman–Crippen MR) is 51.6 cm³/mol. The molecule has 0 spiro atoms. The van der Waals surface area contributed by atoms with Crippen molar-refractivity contribution in [3.63, 3.8) is 0 Å². The lowest BCUT2D eigenvalue weighted by molar-refractivity contribution is 0.194. The number of rotatable bonds is 3. The Morgan fingerprint density at radius 3 is 1.54 bits per heavy atom. The first-order valence-corrected chi connectivity index (χ1v) is 6.71. The van der Waals surface area contributed by atoms with Gasteiger partial charge in [-0.05, 0) is 37.5 Å². The summed E-state index contributed by atoms with van der Waals surface area (Å²) in [7, 11) is -3.29. The summed E-state index contributed by atoms with van der Waals surface area (Å²) in [5.74, 6) is 0.751. The number of hydrogen-bond donors (Lipinski definition) is 1. The number of sulfonamides is 1. The molecular formula is C9H17NO2S. The quantitative estimate of drug-likeness (QED) is 0.750. The van der Waals surface area contributed by atoms with Crippen molar-refractivity contribution < 1.29 is 8.42 Å². The van der Waals surface area contributed by atoms with Gasteiger partial charge in [-0.1, -0.05) is 12.8 Å². The van der Waals surface area contributed by atoms with Crippen molar-refractivity contribution in [1.82, 2.24) is 0 Å². The topological polar surface area (TPSA) is 60.2 Å². The summed E-state index contributed by atoms with van der Waals surface area (Å²) >= 11 is 0. The third-order valence-electron chi connectivity index (χ3n) is 3.61. The highest BCUT2D eigenvalue weighted by atomic mass is 32.2. The van der Waals surface area contributed by atoms with Gasteiger partial charge in [0, 0.05) is 0 Å². The van der Waals surface area contributed by atoms with Gasteiger partial charge in [-0.3, -0.25) is 0 Å². The van der Waals surface area contributed by atoms with Crippen LogP contribution < -0.4 is 5.14 Å². The van der Waals surface area contributed by atoms with Crippen LogP contribution in [0.1, 0.15) is 38.5 Å². The van der Waals surface area contributed by atoms with Gasteiger partial charge in [0.15, 0.2) is 0 Å². The molecule has 0 aromatic heterocycles. The maximum absolute atomic E-state index is 11.4. The highest BCUT2D eigenvalue weighted by Gasteiger charge is 2.42. The van der Waals surface area contributed by atoms with E-state index in [0.29, 0.717) is 11.8 Å². The third kappa shape index (κ3) is 1.74. The fraction of sp³-hybridized carbons (Fsp3) is 1.00. The molecule has 0 aromatic carbocycles. The molecule has 4 heteroatoms. The Kier molecular flexibility index (Phi) is 2.36. The smallest absolute Gasteiger partial charge is 0.212 e. The zero-order valence-corrected chi connectivity index (χ0v) is 8.59. The van der Waals surface area contributed by atoms with Crippen molar-refractivity contribution in [1.29, 1.82) is 0 Å². The molecule has 0 atom stereocenters. The molecule has 0 aliphatic heterocycles. The second-order valence-corrected chi connectivity index (χ2v) is 6.16. The van der Waals surface area contributed by atoms with Crippen LogP contribution >= 0.6 is 0 Å². The molecule has 2 N–H and O–H groups in total. The normalized spacial score (nSPS) is 25.7. The van der Waals surface area contributed by atoms with E-state index in [1.165, 1.54) is 12.8 Å². The Hall–Kier alpha value is -0.0900. The summed E-state index contributed by atoms with van der Waals surface area (Å²) in [5.41, 5.74) is 0. The van der Waals surface area contributed by atoms with Crippen molar-refractivity contribution in [2.75, 3.05) is 0 Å². The summed E-state index contributed by atoms with van der Waals surface area (Å²) in [6.07, 6.45) is 6.64. The lowest BCUT2D eigenvalue weighted by atomic mass is 9.72. The van der Waals surface area contributed by atoms with Crippen LogP contribution in [0.15, 0.2) is 0 Å². The van der Waals surface area contributed by atoms with Crippen molar-refractivity contribution in [3.8, 4) is 0 Å². The second-order valence-electron chi connectivity index (χ2n) is 4.44. The van der Waals surface area contributed by atoms with Crippen LogP contribution in [0, 0.1) is 11.8 Å². The van der Waals surface area contributed by atoms with Gasteiger partial charge >= 0.3 is 0 Å². The number of primary sulfonamides is 1. The first-order chi connectivity index (χ1) is 6.09. The van der Waals surface area contributed by atoms with E-state index < -0.39 is 10.0 Å². The molecule has 2 rings (SSSR count). The maximum atomic E-state index is 11.4. The Morgan fingerprint density at radius 2 is 1.38 bits per heavy atom. The molecule has 2 saturated carbocycles. The average molecular weight is 203 g/mol. The SMILES string of the molecule is NS(=O)(=O)C(C1CCC1)C1CCC1. The Labute approximate surface area is 79.7 Å². The summed E-state index contributed by atoms with van der Waals surface area (Å²) in [6, 6.07) is 0. The minimum absolute atomic E-state index is 0.213. The Bertz CT molecular complexity index is 264. The van der Waals surface area contributed by atoms with Gasteiger partial charge in [0.2, 0.25) is 10.0 Å². The third-order valence-corrected chi connectivity index (χ3v) is 5.14. The number of nitrogens with two attached hydrogens (primary N) is 1. The van der Waals surface area contributed by atoms with Crippen molar-refractivity contribution in [2.45, 2.75) is 43.8 Å². The van der Waals surface area contributed by atoms with E-state index in [1.807, 2.05) is 0 Å². The monoisotopic (exact) mass is 203 g/mol. The van der Waals surface area contributed by atoms with Crippen molar-refractivity contribution in [2.24, 2.45) is 17.0 Å². The molecule has 0 heterocycles. The van der Waals surface area contributed by atoms with Crippen LogP contribution in [0.3, 0.4) is 0 Å². The highest BCUT2D eigenvalue weighted by Crippen LogP contribution is 2.42. The van der Waals surface area contributed by atoms with E-state index in [4.69, 9.17) is 5.14 Å². The molecular weight excluding hydrogens is 186 g/mol. The average Bonchev–Trinajstić information content (AvgIpc) is 1.75. The molecule has 0 saturated heterocycles. The molecule has 13 heavy (non-hydrogen) atoms. The molecule has 0 bridgehead atoms. The standard InChI is InChI=1S/C9H17NO2S/c10-13(11,12)9(7-3-1-4-7)8-5-2-6-8/h7-9H,1-6H2,(H2,10,11,12). The van der Waals surface area contributed by atoms with Gasteiger partial charge in [-0.25, -0.2) is 13.6 Å². The maximum Gasteiger partial charge on any atom is 0.212 e.